The molecule has 90 valence electrons. The number of carbonyl (C=O) groups excluding carboxylic acids is 1. The van der Waals surface area contributed by atoms with Gasteiger partial charge >= 0.3 is 0 Å². The van der Waals surface area contributed by atoms with Gasteiger partial charge in [0.1, 0.15) is 0 Å². The second kappa shape index (κ2) is 7.62. The Labute approximate surface area is 91.3 Å². The zero-order valence-corrected chi connectivity index (χ0v) is 9.84. The molecule has 0 aliphatic heterocycles. The molecule has 5 heteroatoms. The van der Waals surface area contributed by atoms with E-state index in [9.17, 15) is 4.79 Å². The lowest BCUT2D eigenvalue weighted by Gasteiger charge is -2.18. The summed E-state index contributed by atoms with van der Waals surface area (Å²) in [5.41, 5.74) is 5.35. The van der Waals surface area contributed by atoms with Crippen LogP contribution < -0.4 is 11.1 Å². The fourth-order valence-electron chi connectivity index (χ4n) is 0.824. The van der Waals surface area contributed by atoms with Gasteiger partial charge < -0.3 is 20.5 Å². The summed E-state index contributed by atoms with van der Waals surface area (Å²) in [6.45, 7) is 5.69. The van der Waals surface area contributed by atoms with Crippen molar-refractivity contribution in [1.82, 2.24) is 5.32 Å². The smallest absolute Gasteiger partial charge is 0.222 e. The van der Waals surface area contributed by atoms with Gasteiger partial charge in [0.25, 0.3) is 0 Å². The summed E-state index contributed by atoms with van der Waals surface area (Å²) in [4.78, 5) is 11.2. The largest absolute Gasteiger partial charge is 0.382 e. The third kappa shape index (κ3) is 11.3. The zero-order chi connectivity index (χ0) is 11.7. The Hall–Kier alpha value is -0.650. The van der Waals surface area contributed by atoms with Gasteiger partial charge in [-0.1, -0.05) is 0 Å². The second-order valence-electron chi connectivity index (χ2n) is 4.12. The van der Waals surface area contributed by atoms with Crippen LogP contribution in [0.15, 0.2) is 0 Å². The molecule has 0 aromatic carbocycles. The summed E-state index contributed by atoms with van der Waals surface area (Å²) in [6.07, 6.45) is 0.361. The lowest BCUT2D eigenvalue weighted by atomic mass is 10.1. The first-order valence-corrected chi connectivity index (χ1v) is 5.08. The van der Waals surface area contributed by atoms with Crippen molar-refractivity contribution in [2.75, 3.05) is 33.5 Å². The fourth-order valence-corrected chi connectivity index (χ4v) is 0.824. The summed E-state index contributed by atoms with van der Waals surface area (Å²) in [6, 6.07) is 0. The van der Waals surface area contributed by atoms with Crippen molar-refractivity contribution in [1.29, 1.82) is 0 Å². The topological polar surface area (TPSA) is 73.6 Å². The van der Waals surface area contributed by atoms with E-state index in [1.807, 2.05) is 13.8 Å². The van der Waals surface area contributed by atoms with Gasteiger partial charge in [-0.15, -0.1) is 0 Å². The van der Waals surface area contributed by atoms with Crippen molar-refractivity contribution in [3.63, 3.8) is 0 Å². The van der Waals surface area contributed by atoms with Gasteiger partial charge in [0.15, 0.2) is 0 Å². The molecule has 0 aliphatic rings. The first-order chi connectivity index (χ1) is 6.95. The predicted molar refractivity (Wildman–Crippen MR) is 58.6 cm³/mol. The van der Waals surface area contributed by atoms with Gasteiger partial charge in [0, 0.05) is 25.6 Å². The van der Waals surface area contributed by atoms with Gasteiger partial charge in [-0.25, -0.2) is 0 Å². The minimum Gasteiger partial charge on any atom is -0.382 e. The molecule has 5 nitrogen and oxygen atoms in total. The molecule has 0 aromatic heterocycles. The molecule has 0 bridgehead atoms. The van der Waals surface area contributed by atoms with Gasteiger partial charge in [0.05, 0.1) is 19.8 Å². The van der Waals surface area contributed by atoms with E-state index in [4.69, 9.17) is 15.2 Å². The quantitative estimate of drug-likeness (QED) is 0.558. The number of amides is 1. The number of hydrogen-bond acceptors (Lipinski definition) is 4. The molecule has 0 radical (unpaired) electrons. The fraction of sp³-hybridized carbons (Fsp3) is 0.900. The monoisotopic (exact) mass is 218 g/mol. The Morgan fingerprint density at radius 3 is 2.53 bits per heavy atom. The maximum Gasteiger partial charge on any atom is 0.222 e. The average molecular weight is 218 g/mol. The second-order valence-corrected chi connectivity index (χ2v) is 4.12. The number of nitrogens with one attached hydrogen (secondary N) is 1. The van der Waals surface area contributed by atoms with Gasteiger partial charge in [-0.05, 0) is 13.8 Å². The summed E-state index contributed by atoms with van der Waals surface area (Å²) in [7, 11) is 1.61. The van der Waals surface area contributed by atoms with E-state index in [1.165, 1.54) is 0 Å². The first kappa shape index (κ1) is 14.3. The van der Waals surface area contributed by atoms with Crippen molar-refractivity contribution in [2.45, 2.75) is 25.8 Å². The SMILES string of the molecule is COCCOCCC(=O)NCC(C)(C)N. The molecule has 15 heavy (non-hydrogen) atoms. The Kier molecular flexibility index (Phi) is 7.29. The van der Waals surface area contributed by atoms with E-state index in [2.05, 4.69) is 5.32 Å². The molecular weight excluding hydrogens is 196 g/mol. The van der Waals surface area contributed by atoms with Crippen LogP contribution in [-0.4, -0.2) is 44.9 Å². The van der Waals surface area contributed by atoms with Gasteiger partial charge in [0.2, 0.25) is 5.91 Å². The lowest BCUT2D eigenvalue weighted by Crippen LogP contribution is -2.45. The summed E-state index contributed by atoms with van der Waals surface area (Å²) in [5.74, 6) is -0.0362. The Bertz CT molecular complexity index is 178. The van der Waals surface area contributed by atoms with E-state index in [-0.39, 0.29) is 11.4 Å². The van der Waals surface area contributed by atoms with Crippen LogP contribution in [0.1, 0.15) is 20.3 Å². The van der Waals surface area contributed by atoms with Crippen molar-refractivity contribution >= 4 is 5.91 Å². The Balaban J connectivity index is 3.34. The zero-order valence-electron chi connectivity index (χ0n) is 9.84. The summed E-state index contributed by atoms with van der Waals surface area (Å²) < 4.78 is 9.96. The van der Waals surface area contributed by atoms with E-state index in [0.29, 0.717) is 32.8 Å². The normalized spacial score (nSPS) is 11.5. The third-order valence-electron chi connectivity index (χ3n) is 1.65. The van der Waals surface area contributed by atoms with Crippen molar-refractivity contribution < 1.29 is 14.3 Å². The summed E-state index contributed by atoms with van der Waals surface area (Å²) >= 11 is 0. The molecule has 0 fully saturated rings. The standard InChI is InChI=1S/C10H22N2O3/c1-10(2,11)8-12-9(13)4-5-15-7-6-14-3/h4-8,11H2,1-3H3,(H,12,13). The molecule has 0 aromatic rings. The van der Waals surface area contributed by atoms with Gasteiger partial charge in [-0.3, -0.25) is 4.79 Å². The van der Waals surface area contributed by atoms with Gasteiger partial charge in [-0.2, -0.15) is 0 Å². The molecule has 0 spiro atoms. The molecule has 0 saturated carbocycles. The molecule has 3 N–H and O–H groups in total. The van der Waals surface area contributed by atoms with Crippen LogP contribution in [0.2, 0.25) is 0 Å². The lowest BCUT2D eigenvalue weighted by molar-refractivity contribution is -0.122. The minimum absolute atomic E-state index is 0.0362. The molecule has 0 aliphatic carbocycles. The van der Waals surface area contributed by atoms with Crippen LogP contribution in [0.5, 0.6) is 0 Å². The van der Waals surface area contributed by atoms with Crippen molar-refractivity contribution in [3.8, 4) is 0 Å². The van der Waals surface area contributed by atoms with Crippen LogP contribution in [-0.2, 0) is 14.3 Å². The molecule has 0 atom stereocenters. The van der Waals surface area contributed by atoms with Crippen LogP contribution in [0.25, 0.3) is 0 Å². The minimum atomic E-state index is -0.368. The first-order valence-electron chi connectivity index (χ1n) is 5.08. The van der Waals surface area contributed by atoms with Crippen molar-refractivity contribution in [2.24, 2.45) is 5.73 Å². The van der Waals surface area contributed by atoms with E-state index >= 15 is 0 Å². The highest BCUT2D eigenvalue weighted by Gasteiger charge is 2.11. The number of carbonyl (C=O) groups is 1. The van der Waals surface area contributed by atoms with E-state index in [1.54, 1.807) is 7.11 Å². The predicted octanol–water partition coefficient (Wildman–Crippen LogP) is -0.107. The molecular formula is C10H22N2O3. The number of ether oxygens (including phenoxy) is 2. The number of nitrogens with two attached hydrogens (primary N) is 1. The van der Waals surface area contributed by atoms with Crippen LogP contribution >= 0.6 is 0 Å². The number of methoxy groups -OCH3 is 1. The highest BCUT2D eigenvalue weighted by molar-refractivity contribution is 5.76. The average Bonchev–Trinajstić information content (AvgIpc) is 2.13. The Morgan fingerprint density at radius 1 is 1.33 bits per heavy atom. The molecule has 0 rings (SSSR count). The van der Waals surface area contributed by atoms with Crippen molar-refractivity contribution in [3.05, 3.63) is 0 Å². The maximum atomic E-state index is 11.2. The highest BCUT2D eigenvalue weighted by atomic mass is 16.5. The Morgan fingerprint density at radius 2 is 2.00 bits per heavy atom. The molecule has 0 unspecified atom stereocenters. The number of hydrogen-bond donors (Lipinski definition) is 2. The maximum absolute atomic E-state index is 11.2. The highest BCUT2D eigenvalue weighted by Crippen LogP contribution is 1.93. The molecule has 1 amide bonds. The van der Waals surface area contributed by atoms with Crippen LogP contribution in [0.4, 0.5) is 0 Å². The number of rotatable bonds is 8. The molecule has 0 heterocycles. The van der Waals surface area contributed by atoms with E-state index in [0.717, 1.165) is 0 Å². The van der Waals surface area contributed by atoms with Crippen LogP contribution in [0, 0.1) is 0 Å². The van der Waals surface area contributed by atoms with E-state index < -0.39 is 0 Å². The summed E-state index contributed by atoms with van der Waals surface area (Å²) in [5, 5.41) is 2.74. The third-order valence-corrected chi connectivity index (χ3v) is 1.65. The van der Waals surface area contributed by atoms with Crippen LogP contribution in [0.3, 0.4) is 0 Å². The molecule has 0 saturated heterocycles.